The van der Waals surface area contributed by atoms with E-state index in [4.69, 9.17) is 9.68 Å². The van der Waals surface area contributed by atoms with Crippen LogP contribution in [-0.2, 0) is 11.3 Å². The molecule has 1 amide bonds. The number of carbonyl (C=O) groups excluding carboxylic acids is 1. The first-order valence-corrected chi connectivity index (χ1v) is 5.24. The summed E-state index contributed by atoms with van der Waals surface area (Å²) in [5.74, 6) is 0.554. The van der Waals surface area contributed by atoms with Crippen LogP contribution in [0.3, 0.4) is 0 Å². The summed E-state index contributed by atoms with van der Waals surface area (Å²) >= 11 is 0. The van der Waals surface area contributed by atoms with E-state index >= 15 is 0 Å². The summed E-state index contributed by atoms with van der Waals surface area (Å²) < 4.78 is 5.19. The van der Waals surface area contributed by atoms with Gasteiger partial charge >= 0.3 is 0 Å². The molecule has 1 heterocycles. The second-order valence-corrected chi connectivity index (χ2v) is 4.14. The van der Waals surface area contributed by atoms with Gasteiger partial charge in [-0.2, -0.15) is 5.26 Å². The fourth-order valence-corrected chi connectivity index (χ4v) is 1.36. The predicted molar refractivity (Wildman–Crippen MR) is 59.2 cm³/mol. The summed E-state index contributed by atoms with van der Waals surface area (Å²) in [4.78, 5) is 13.6. The SMILES string of the molecule is CCN(Cc1ccco1)C(=O)C(C)(C)C#N. The van der Waals surface area contributed by atoms with Gasteiger partial charge in [0.15, 0.2) is 0 Å². The first-order chi connectivity index (χ1) is 7.51. The molecule has 0 saturated heterocycles. The van der Waals surface area contributed by atoms with E-state index in [1.165, 1.54) is 0 Å². The molecule has 0 N–H and O–H groups in total. The van der Waals surface area contributed by atoms with Crippen LogP contribution in [0.4, 0.5) is 0 Å². The number of rotatable bonds is 4. The number of hydrogen-bond donors (Lipinski definition) is 0. The van der Waals surface area contributed by atoms with E-state index in [1.807, 2.05) is 19.1 Å². The van der Waals surface area contributed by atoms with E-state index in [-0.39, 0.29) is 5.91 Å². The summed E-state index contributed by atoms with van der Waals surface area (Å²) in [6.07, 6.45) is 1.57. The third-order valence-corrected chi connectivity index (χ3v) is 2.41. The molecular weight excluding hydrogens is 204 g/mol. The predicted octanol–water partition coefficient (Wildman–Crippen LogP) is 2.18. The molecule has 86 valence electrons. The van der Waals surface area contributed by atoms with E-state index in [0.29, 0.717) is 13.1 Å². The maximum Gasteiger partial charge on any atom is 0.242 e. The van der Waals surface area contributed by atoms with Crippen molar-refractivity contribution in [1.82, 2.24) is 4.90 Å². The first-order valence-electron chi connectivity index (χ1n) is 5.24. The highest BCUT2D eigenvalue weighted by atomic mass is 16.3. The van der Waals surface area contributed by atoms with Crippen LogP contribution >= 0.6 is 0 Å². The third-order valence-electron chi connectivity index (χ3n) is 2.41. The Morgan fingerprint density at radius 2 is 2.31 bits per heavy atom. The second-order valence-electron chi connectivity index (χ2n) is 4.14. The molecule has 0 saturated carbocycles. The number of hydrogen-bond acceptors (Lipinski definition) is 3. The number of furan rings is 1. The second kappa shape index (κ2) is 4.84. The molecule has 0 radical (unpaired) electrons. The molecule has 0 bridgehead atoms. The molecule has 0 aliphatic carbocycles. The molecule has 0 aliphatic heterocycles. The highest BCUT2D eigenvalue weighted by Crippen LogP contribution is 2.19. The fraction of sp³-hybridized carbons (Fsp3) is 0.500. The molecule has 4 nitrogen and oxygen atoms in total. The number of amides is 1. The summed E-state index contributed by atoms with van der Waals surface area (Å²) in [6, 6.07) is 5.61. The van der Waals surface area contributed by atoms with Gasteiger partial charge in [0.1, 0.15) is 11.2 Å². The zero-order valence-corrected chi connectivity index (χ0v) is 9.86. The molecule has 0 aromatic carbocycles. The smallest absolute Gasteiger partial charge is 0.242 e. The maximum absolute atomic E-state index is 12.0. The van der Waals surface area contributed by atoms with E-state index < -0.39 is 5.41 Å². The van der Waals surface area contributed by atoms with Gasteiger partial charge in [0.2, 0.25) is 5.91 Å². The Morgan fingerprint density at radius 3 is 2.75 bits per heavy atom. The van der Waals surface area contributed by atoms with Crippen LogP contribution in [-0.4, -0.2) is 17.4 Å². The van der Waals surface area contributed by atoms with E-state index in [1.54, 1.807) is 31.1 Å². The lowest BCUT2D eigenvalue weighted by Gasteiger charge is -2.25. The molecule has 1 rings (SSSR count). The Labute approximate surface area is 95.5 Å². The first kappa shape index (κ1) is 12.3. The minimum atomic E-state index is -0.984. The van der Waals surface area contributed by atoms with Gasteiger partial charge in [-0.3, -0.25) is 4.79 Å². The molecule has 0 atom stereocenters. The molecular formula is C12H16N2O2. The van der Waals surface area contributed by atoms with Gasteiger partial charge in [-0.15, -0.1) is 0 Å². The van der Waals surface area contributed by atoms with Crippen LogP contribution < -0.4 is 0 Å². The van der Waals surface area contributed by atoms with Crippen LogP contribution in [0.5, 0.6) is 0 Å². The van der Waals surface area contributed by atoms with Gasteiger partial charge in [0.25, 0.3) is 0 Å². The molecule has 1 aromatic rings. The Bertz CT molecular complexity index is 388. The number of nitriles is 1. The van der Waals surface area contributed by atoms with Crippen molar-refractivity contribution in [3.8, 4) is 6.07 Å². The Hall–Kier alpha value is -1.76. The fourth-order valence-electron chi connectivity index (χ4n) is 1.36. The topological polar surface area (TPSA) is 57.2 Å². The summed E-state index contributed by atoms with van der Waals surface area (Å²) in [7, 11) is 0. The lowest BCUT2D eigenvalue weighted by molar-refractivity contribution is -0.138. The van der Waals surface area contributed by atoms with Crippen molar-refractivity contribution in [3.05, 3.63) is 24.2 Å². The van der Waals surface area contributed by atoms with Gasteiger partial charge in [0.05, 0.1) is 18.9 Å². The van der Waals surface area contributed by atoms with Gasteiger partial charge in [-0.05, 0) is 32.9 Å². The van der Waals surface area contributed by atoms with Gasteiger partial charge in [-0.1, -0.05) is 0 Å². The molecule has 4 heteroatoms. The van der Waals surface area contributed by atoms with Crippen molar-refractivity contribution >= 4 is 5.91 Å². The molecule has 0 spiro atoms. The quantitative estimate of drug-likeness (QED) is 0.781. The molecule has 1 aromatic heterocycles. The normalized spacial score (nSPS) is 10.9. The van der Waals surface area contributed by atoms with Crippen molar-refractivity contribution in [2.75, 3.05) is 6.54 Å². The molecule has 0 unspecified atom stereocenters. The standard InChI is InChI=1S/C12H16N2O2/c1-4-14(8-10-6-5-7-16-10)11(15)12(2,3)9-13/h5-7H,4,8H2,1-3H3. The lowest BCUT2D eigenvalue weighted by atomic mass is 9.94. The Kier molecular flexibility index (Phi) is 3.73. The summed E-state index contributed by atoms with van der Waals surface area (Å²) in [5, 5.41) is 8.91. The van der Waals surface area contributed by atoms with E-state index in [2.05, 4.69) is 0 Å². The monoisotopic (exact) mass is 220 g/mol. The zero-order valence-electron chi connectivity index (χ0n) is 9.86. The van der Waals surface area contributed by atoms with E-state index in [9.17, 15) is 4.79 Å². The van der Waals surface area contributed by atoms with Crippen molar-refractivity contribution in [1.29, 1.82) is 5.26 Å². The highest BCUT2D eigenvalue weighted by molar-refractivity contribution is 5.84. The van der Waals surface area contributed by atoms with Crippen molar-refractivity contribution in [2.45, 2.75) is 27.3 Å². The minimum absolute atomic E-state index is 0.172. The average Bonchev–Trinajstić information content (AvgIpc) is 2.77. The Morgan fingerprint density at radius 1 is 1.62 bits per heavy atom. The van der Waals surface area contributed by atoms with Gasteiger partial charge < -0.3 is 9.32 Å². The highest BCUT2D eigenvalue weighted by Gasteiger charge is 2.31. The van der Waals surface area contributed by atoms with Crippen LogP contribution in [0, 0.1) is 16.7 Å². The van der Waals surface area contributed by atoms with Crippen molar-refractivity contribution < 1.29 is 9.21 Å². The summed E-state index contributed by atoms with van der Waals surface area (Å²) in [6.45, 7) is 6.10. The van der Waals surface area contributed by atoms with Crippen LogP contribution in [0.2, 0.25) is 0 Å². The zero-order chi connectivity index (χ0) is 12.2. The van der Waals surface area contributed by atoms with Gasteiger partial charge in [-0.25, -0.2) is 0 Å². The largest absolute Gasteiger partial charge is 0.467 e. The minimum Gasteiger partial charge on any atom is -0.467 e. The maximum atomic E-state index is 12.0. The summed E-state index contributed by atoms with van der Waals surface area (Å²) in [5.41, 5.74) is -0.984. The molecule has 16 heavy (non-hydrogen) atoms. The van der Waals surface area contributed by atoms with Crippen molar-refractivity contribution in [2.24, 2.45) is 5.41 Å². The van der Waals surface area contributed by atoms with Crippen LogP contribution in [0.25, 0.3) is 0 Å². The third kappa shape index (κ3) is 2.63. The molecule has 0 fully saturated rings. The van der Waals surface area contributed by atoms with Crippen LogP contribution in [0.15, 0.2) is 22.8 Å². The van der Waals surface area contributed by atoms with E-state index in [0.717, 1.165) is 5.76 Å². The van der Waals surface area contributed by atoms with Gasteiger partial charge in [0, 0.05) is 6.54 Å². The number of nitrogens with zero attached hydrogens (tertiary/aromatic N) is 2. The van der Waals surface area contributed by atoms with Crippen molar-refractivity contribution in [3.63, 3.8) is 0 Å². The molecule has 0 aliphatic rings. The number of carbonyl (C=O) groups is 1. The average molecular weight is 220 g/mol. The lowest BCUT2D eigenvalue weighted by Crippen LogP contribution is -2.39. The Balaban J connectivity index is 2.76. The van der Waals surface area contributed by atoms with Crippen LogP contribution in [0.1, 0.15) is 26.5 Å².